The van der Waals surface area contributed by atoms with Crippen LogP contribution in [0.15, 0.2) is 12.2 Å². The molecule has 0 aromatic heterocycles. The van der Waals surface area contributed by atoms with E-state index in [2.05, 4.69) is 19.2 Å². The smallest absolute Gasteiger partial charge is 0.305 e. The van der Waals surface area contributed by atoms with Crippen LogP contribution in [0, 0.1) is 0 Å². The van der Waals surface area contributed by atoms with Gasteiger partial charge in [0.2, 0.25) is 5.91 Å². The first kappa shape index (κ1) is 74.4. The second kappa shape index (κ2) is 57.2. The van der Waals surface area contributed by atoms with Crippen LogP contribution in [-0.2, 0) is 23.8 Å². The minimum Gasteiger partial charge on any atom is -0.466 e. The van der Waals surface area contributed by atoms with Gasteiger partial charge in [0, 0.05) is 12.8 Å². The van der Waals surface area contributed by atoms with Crippen molar-refractivity contribution in [2.24, 2.45) is 0 Å². The maximum atomic E-state index is 13.0. The highest BCUT2D eigenvalue weighted by Crippen LogP contribution is 2.23. The Balaban J connectivity index is 1.91. The van der Waals surface area contributed by atoms with Crippen molar-refractivity contribution in [1.82, 2.24) is 5.32 Å². The van der Waals surface area contributed by atoms with Crippen molar-refractivity contribution in [3.63, 3.8) is 0 Å². The quantitative estimate of drug-likeness (QED) is 0.0195. The molecule has 1 amide bonds. The number of ether oxygens (including phenoxy) is 3. The molecule has 0 aromatic rings. The van der Waals surface area contributed by atoms with Crippen LogP contribution in [0.4, 0.5) is 0 Å². The molecule has 11 heteroatoms. The highest BCUT2D eigenvalue weighted by atomic mass is 16.7. The maximum absolute atomic E-state index is 13.0. The highest BCUT2D eigenvalue weighted by molar-refractivity contribution is 5.76. The van der Waals surface area contributed by atoms with Crippen molar-refractivity contribution < 1.29 is 49.3 Å². The van der Waals surface area contributed by atoms with E-state index >= 15 is 0 Å². The molecule has 462 valence electrons. The molecule has 0 saturated carbocycles. The molecular weight excluding hydrogens is 979 g/mol. The van der Waals surface area contributed by atoms with Gasteiger partial charge in [-0.05, 0) is 32.1 Å². The summed E-state index contributed by atoms with van der Waals surface area (Å²) >= 11 is 0. The number of carbonyl (C=O) groups is 2. The van der Waals surface area contributed by atoms with Gasteiger partial charge in [0.1, 0.15) is 24.4 Å². The van der Waals surface area contributed by atoms with Gasteiger partial charge in [-0.2, -0.15) is 0 Å². The molecule has 7 unspecified atom stereocenters. The number of aliphatic hydroxyl groups is 5. The van der Waals surface area contributed by atoms with Gasteiger partial charge in [0.15, 0.2) is 6.29 Å². The zero-order valence-electron chi connectivity index (χ0n) is 51.2. The van der Waals surface area contributed by atoms with Crippen molar-refractivity contribution in [2.75, 3.05) is 19.8 Å². The number of nitrogens with one attached hydrogen (secondary N) is 1. The van der Waals surface area contributed by atoms with Gasteiger partial charge >= 0.3 is 5.97 Å². The van der Waals surface area contributed by atoms with Crippen molar-refractivity contribution in [3.05, 3.63) is 12.2 Å². The zero-order chi connectivity index (χ0) is 56.6. The summed E-state index contributed by atoms with van der Waals surface area (Å²) in [5.74, 6) is -0.166. The second-order valence-electron chi connectivity index (χ2n) is 23.9. The maximum Gasteiger partial charge on any atom is 0.305 e. The van der Waals surface area contributed by atoms with Crippen LogP contribution in [0.3, 0.4) is 0 Å². The highest BCUT2D eigenvalue weighted by Gasteiger charge is 2.44. The lowest BCUT2D eigenvalue weighted by Crippen LogP contribution is -2.60. The summed E-state index contributed by atoms with van der Waals surface area (Å²) in [6.45, 7) is 4.35. The third-order valence-electron chi connectivity index (χ3n) is 16.4. The van der Waals surface area contributed by atoms with Gasteiger partial charge in [0.05, 0.1) is 32.0 Å². The van der Waals surface area contributed by atoms with Gasteiger partial charge in [-0.15, -0.1) is 0 Å². The summed E-state index contributed by atoms with van der Waals surface area (Å²) in [5, 5.41) is 54.3. The first-order valence-corrected chi connectivity index (χ1v) is 34.0. The van der Waals surface area contributed by atoms with Gasteiger partial charge in [-0.25, -0.2) is 0 Å². The summed E-state index contributed by atoms with van der Waals surface area (Å²) in [6, 6.07) is -0.804. The number of carbonyl (C=O) groups excluding carboxylic acids is 2. The van der Waals surface area contributed by atoms with Crippen molar-refractivity contribution in [3.8, 4) is 0 Å². The lowest BCUT2D eigenvalue weighted by Gasteiger charge is -2.40. The molecule has 0 aromatic carbocycles. The van der Waals surface area contributed by atoms with E-state index in [9.17, 15) is 35.1 Å². The molecule has 1 aliphatic rings. The molecule has 11 nitrogen and oxygen atoms in total. The van der Waals surface area contributed by atoms with Crippen LogP contribution in [0.25, 0.3) is 0 Å². The number of hydrogen-bond donors (Lipinski definition) is 6. The molecule has 0 spiro atoms. The topological polar surface area (TPSA) is 175 Å². The van der Waals surface area contributed by atoms with E-state index < -0.39 is 49.5 Å². The summed E-state index contributed by atoms with van der Waals surface area (Å²) in [7, 11) is 0. The predicted octanol–water partition coefficient (Wildman–Crippen LogP) is 16.7. The molecule has 6 N–H and O–H groups in total. The molecule has 1 rings (SSSR count). The fraction of sp³-hybridized carbons (Fsp3) is 0.940. The lowest BCUT2D eigenvalue weighted by molar-refractivity contribution is -0.302. The molecule has 0 bridgehead atoms. The average Bonchev–Trinajstić information content (AvgIpc) is 3.45. The van der Waals surface area contributed by atoms with E-state index in [4.69, 9.17) is 14.2 Å². The van der Waals surface area contributed by atoms with Gasteiger partial charge in [-0.3, -0.25) is 9.59 Å². The Labute approximate surface area is 480 Å². The molecule has 1 aliphatic heterocycles. The van der Waals surface area contributed by atoms with Crippen LogP contribution in [0.1, 0.15) is 341 Å². The molecule has 1 fully saturated rings. The number of aliphatic hydroxyl groups excluding tert-OH is 5. The summed E-state index contributed by atoms with van der Waals surface area (Å²) in [5.41, 5.74) is 0. The summed E-state index contributed by atoms with van der Waals surface area (Å²) < 4.78 is 16.7. The van der Waals surface area contributed by atoms with E-state index in [1.807, 2.05) is 6.08 Å². The van der Waals surface area contributed by atoms with Crippen molar-refractivity contribution in [1.29, 1.82) is 0 Å². The normalized spacial score (nSPS) is 18.5. The minimum absolute atomic E-state index is 0.0120. The third-order valence-corrected chi connectivity index (χ3v) is 16.4. The number of hydrogen-bond acceptors (Lipinski definition) is 10. The number of rotatable bonds is 60. The average molecular weight is 1110 g/mol. The number of unbranched alkanes of at least 4 members (excludes halogenated alkanes) is 46. The van der Waals surface area contributed by atoms with Gasteiger partial charge in [-0.1, -0.05) is 309 Å². The molecule has 78 heavy (non-hydrogen) atoms. The SMILES string of the molecule is CCCCCCCCC/C=C/C(O)C(COC1OC(CO)C(O)C(O)C1O)NC(=O)CCCCCCCCCCCCCCCCCCCCCCCCCCCCCCCCOC(=O)CCCCCCCCCCCCC. The summed E-state index contributed by atoms with van der Waals surface area (Å²) in [4.78, 5) is 25.0. The van der Waals surface area contributed by atoms with E-state index in [0.29, 0.717) is 19.4 Å². The van der Waals surface area contributed by atoms with E-state index in [1.54, 1.807) is 6.08 Å². The Morgan fingerprint density at radius 3 is 1.19 bits per heavy atom. The summed E-state index contributed by atoms with van der Waals surface area (Å²) in [6.07, 6.45) is 59.3. The third kappa shape index (κ3) is 45.9. The first-order valence-electron chi connectivity index (χ1n) is 34.0. The Morgan fingerprint density at radius 1 is 0.462 bits per heavy atom. The van der Waals surface area contributed by atoms with Crippen LogP contribution in [-0.4, -0.2) is 100 Å². The van der Waals surface area contributed by atoms with Gasteiger partial charge in [0.25, 0.3) is 0 Å². The fourth-order valence-corrected chi connectivity index (χ4v) is 11.0. The van der Waals surface area contributed by atoms with Crippen molar-refractivity contribution in [2.45, 2.75) is 384 Å². The molecule has 1 saturated heterocycles. The largest absolute Gasteiger partial charge is 0.466 e. The Morgan fingerprint density at radius 2 is 0.808 bits per heavy atom. The minimum atomic E-state index is -1.57. The predicted molar refractivity (Wildman–Crippen MR) is 325 cm³/mol. The van der Waals surface area contributed by atoms with Crippen LogP contribution in [0.5, 0.6) is 0 Å². The lowest BCUT2D eigenvalue weighted by atomic mass is 9.99. The standard InChI is InChI=1S/C67H129NO10/c1-3-5-7-9-11-13-34-39-43-47-51-55-63(72)76-56-52-48-44-40-36-33-31-29-27-25-23-21-19-17-15-14-16-18-20-22-24-26-28-30-32-35-38-42-46-50-54-62(71)68-59(60(70)53-49-45-41-37-12-10-8-6-4-2)58-77-67-66(75)65(74)64(73)61(57-69)78-67/h49,53,59-61,64-67,69-70,73-75H,3-48,50-52,54-58H2,1-2H3,(H,68,71)/b53-49+. The van der Waals surface area contributed by atoms with Crippen LogP contribution >= 0.6 is 0 Å². The van der Waals surface area contributed by atoms with E-state index in [-0.39, 0.29) is 18.5 Å². The van der Waals surface area contributed by atoms with Crippen LogP contribution < -0.4 is 5.32 Å². The molecule has 1 heterocycles. The fourth-order valence-electron chi connectivity index (χ4n) is 11.0. The number of amides is 1. The van der Waals surface area contributed by atoms with Gasteiger partial charge < -0.3 is 45.1 Å². The van der Waals surface area contributed by atoms with Crippen molar-refractivity contribution >= 4 is 11.9 Å². The molecule has 7 atom stereocenters. The first-order chi connectivity index (χ1) is 38.2. The molecule has 0 aliphatic carbocycles. The van der Waals surface area contributed by atoms with E-state index in [0.717, 1.165) is 51.4 Å². The Kier molecular flexibility index (Phi) is 54.6. The van der Waals surface area contributed by atoms with Crippen LogP contribution in [0.2, 0.25) is 0 Å². The van der Waals surface area contributed by atoms with E-state index in [1.165, 1.54) is 263 Å². The zero-order valence-corrected chi connectivity index (χ0v) is 51.2. The monoisotopic (exact) mass is 1110 g/mol. The number of esters is 1. The molecule has 0 radical (unpaired) electrons. The Hall–Kier alpha value is -1.60. The Bertz CT molecular complexity index is 1300. The number of allylic oxidation sites excluding steroid dienone is 1. The molecular formula is C67H129NO10. The second-order valence-corrected chi connectivity index (χ2v) is 23.9.